The van der Waals surface area contributed by atoms with E-state index in [1.54, 1.807) is 0 Å². The molecule has 1 aliphatic carbocycles. The Hall–Kier alpha value is -2.26. The second-order valence-corrected chi connectivity index (χ2v) is 11.1. The van der Waals surface area contributed by atoms with Crippen LogP contribution in [0.25, 0.3) is 0 Å². The minimum absolute atomic E-state index is 4.89. The molecule has 0 saturated heterocycles. The van der Waals surface area contributed by atoms with Crippen LogP contribution in [-0.2, 0) is 0 Å². The molecule has 0 atom stereocenters. The predicted molar refractivity (Wildman–Crippen MR) is 80.9 cm³/mol. The maximum atomic E-state index is 14.3. The van der Waals surface area contributed by atoms with Gasteiger partial charge in [0, 0.05) is 0 Å². The summed E-state index contributed by atoms with van der Waals surface area (Å²) in [5.74, 6) is -98.5. The molecule has 0 fully saturated rings. The van der Waals surface area contributed by atoms with Gasteiger partial charge in [0.05, 0.1) is 10.8 Å². The summed E-state index contributed by atoms with van der Waals surface area (Å²) in [5.41, 5.74) is -5.57. The molecule has 0 unspecified atom stereocenters. The molecule has 1 rings (SSSR count). The van der Waals surface area contributed by atoms with Crippen molar-refractivity contribution in [2.24, 2.45) is 0 Å². The number of halogens is 28. The van der Waals surface area contributed by atoms with Crippen LogP contribution >= 0.6 is 0 Å². The Morgan fingerprint density at radius 1 is 0.432 bits per heavy atom. The maximum absolute atomic E-state index is 14.3. The van der Waals surface area contributed by atoms with Gasteiger partial charge in [0.15, 0.2) is 5.83 Å². The fraction of sp³-hybridized carbons (Fsp3) is 0.733. The molecule has 0 nitrogen and oxygen atoms in total. The summed E-state index contributed by atoms with van der Waals surface area (Å²) in [6, 6.07) is 0. The normalized spacial score (nSPS) is 19.4. The Balaban J connectivity index is 4.33. The largest absolute Gasteiger partial charge is 0.510 e. The van der Waals surface area contributed by atoms with Gasteiger partial charge < -0.3 is 0 Å². The summed E-state index contributed by atoms with van der Waals surface area (Å²) in [6.45, 7) is 0. The highest BCUT2D eigenvalue weighted by Gasteiger charge is 2.96. The standard InChI is InChI=1S/C15F28Si/c16-2-1(4(5(18,19)3(2)17)44(43,14(37,38)39)15(40,41)42)6(20,21)7(22,23)8(24,25)9(26,27)10(28,29)11(30,31)12(32,33)13(34,35)36. The van der Waals surface area contributed by atoms with E-state index in [1.807, 2.05) is 0 Å². The van der Waals surface area contributed by atoms with E-state index in [2.05, 4.69) is 0 Å². The van der Waals surface area contributed by atoms with Crippen molar-refractivity contribution in [1.82, 2.24) is 0 Å². The SMILES string of the molecule is FC1=C(F)C(F)(F)C([Si](F)(C(F)(F)F)C(F)(F)F)=C1C(F)(F)C(F)(F)C(F)(F)C(F)(F)C(F)(F)C(F)(F)C(F)(F)C(F)(F)F. The van der Waals surface area contributed by atoms with Gasteiger partial charge in [0.2, 0.25) is 5.83 Å². The lowest BCUT2D eigenvalue weighted by Gasteiger charge is -2.43. The fourth-order valence-electron chi connectivity index (χ4n) is 3.07. The third-order valence-electron chi connectivity index (χ3n) is 5.41. The quantitative estimate of drug-likeness (QED) is 0.132. The summed E-state index contributed by atoms with van der Waals surface area (Å²) in [6.07, 6.45) is -8.22. The number of allylic oxidation sites excluding steroid dienone is 4. The summed E-state index contributed by atoms with van der Waals surface area (Å²) in [7, 11) is -10.5. The minimum Gasteiger partial charge on any atom is -0.286 e. The molecule has 1 aliphatic rings. The van der Waals surface area contributed by atoms with Crippen molar-refractivity contribution in [2.45, 2.75) is 65.2 Å². The average molecular weight is 740 g/mol. The van der Waals surface area contributed by atoms with Crippen molar-refractivity contribution in [3.8, 4) is 0 Å². The fourth-order valence-corrected chi connectivity index (χ4v) is 5.11. The van der Waals surface area contributed by atoms with E-state index >= 15 is 0 Å². The first-order valence-electron chi connectivity index (χ1n) is 9.29. The molecule has 0 aromatic rings. The van der Waals surface area contributed by atoms with Crippen LogP contribution in [0.5, 0.6) is 0 Å². The summed E-state index contributed by atoms with van der Waals surface area (Å²) < 4.78 is 374. The highest BCUT2D eigenvalue weighted by molar-refractivity contribution is 6.84. The molecule has 0 amide bonds. The van der Waals surface area contributed by atoms with Crippen molar-refractivity contribution in [2.75, 3.05) is 0 Å². The Morgan fingerprint density at radius 2 is 0.705 bits per heavy atom. The highest BCUT2D eigenvalue weighted by Crippen LogP contribution is 2.67. The minimum atomic E-state index is -10.5. The van der Waals surface area contributed by atoms with Crippen LogP contribution in [0.1, 0.15) is 0 Å². The molecule has 260 valence electrons. The first kappa shape index (κ1) is 39.8. The van der Waals surface area contributed by atoms with Crippen LogP contribution in [0.3, 0.4) is 0 Å². The number of rotatable bonds is 8. The Kier molecular flexibility index (Phi) is 8.70. The maximum Gasteiger partial charge on any atom is 0.510 e. The van der Waals surface area contributed by atoms with Gasteiger partial charge in [0.1, 0.15) is 0 Å². The number of hydrogen-bond donors (Lipinski definition) is 0. The summed E-state index contributed by atoms with van der Waals surface area (Å²) >= 11 is 0. The van der Waals surface area contributed by atoms with Gasteiger partial charge >= 0.3 is 73.6 Å². The molecule has 0 radical (unpaired) electrons. The second kappa shape index (κ2) is 9.63. The zero-order valence-corrected chi connectivity index (χ0v) is 19.6. The molecule has 0 spiro atoms. The van der Waals surface area contributed by atoms with Crippen molar-refractivity contribution < 1.29 is 123 Å². The highest BCUT2D eigenvalue weighted by atomic mass is 28.4. The van der Waals surface area contributed by atoms with E-state index in [9.17, 15) is 123 Å². The average Bonchev–Trinajstić information content (AvgIpc) is 2.95. The van der Waals surface area contributed by atoms with Crippen LogP contribution in [-0.4, -0.2) is 73.6 Å². The van der Waals surface area contributed by atoms with E-state index in [1.165, 1.54) is 0 Å². The van der Waals surface area contributed by atoms with E-state index in [0.717, 1.165) is 0 Å². The molecule has 0 aromatic carbocycles. The summed E-state index contributed by atoms with van der Waals surface area (Å²) in [5, 5.41) is -5.59. The van der Waals surface area contributed by atoms with Crippen LogP contribution in [0, 0.1) is 0 Å². The van der Waals surface area contributed by atoms with Gasteiger partial charge in [0.25, 0.3) is 0 Å². The molecule has 44 heavy (non-hydrogen) atoms. The first-order chi connectivity index (χ1) is 18.6. The Bertz CT molecular complexity index is 1190. The third-order valence-corrected chi connectivity index (χ3v) is 8.23. The van der Waals surface area contributed by atoms with E-state index in [0.29, 0.717) is 0 Å². The number of alkyl halides is 25. The first-order valence-corrected chi connectivity index (χ1v) is 11.2. The molecule has 0 heterocycles. The van der Waals surface area contributed by atoms with Crippen molar-refractivity contribution in [1.29, 1.82) is 0 Å². The van der Waals surface area contributed by atoms with Crippen molar-refractivity contribution >= 4 is 8.41 Å². The zero-order valence-electron chi connectivity index (χ0n) is 18.6. The number of hydrogen-bond acceptors (Lipinski definition) is 0. The van der Waals surface area contributed by atoms with Crippen LogP contribution < -0.4 is 0 Å². The lowest BCUT2D eigenvalue weighted by molar-refractivity contribution is -0.460. The molecule has 0 bridgehead atoms. The van der Waals surface area contributed by atoms with Gasteiger partial charge in [-0.25, -0.2) is 8.78 Å². The van der Waals surface area contributed by atoms with Crippen molar-refractivity contribution in [3.63, 3.8) is 0 Å². The van der Waals surface area contributed by atoms with E-state index < -0.39 is 96.0 Å². The van der Waals surface area contributed by atoms with Gasteiger partial charge in [-0.3, -0.25) is 4.11 Å². The monoisotopic (exact) mass is 740 g/mol. The lowest BCUT2D eigenvalue weighted by atomic mass is 9.87. The smallest absolute Gasteiger partial charge is 0.286 e. The predicted octanol–water partition coefficient (Wildman–Crippen LogP) is 9.75. The van der Waals surface area contributed by atoms with Gasteiger partial charge in [-0.15, -0.1) is 0 Å². The van der Waals surface area contributed by atoms with Crippen LogP contribution in [0.4, 0.5) is 123 Å². The van der Waals surface area contributed by atoms with E-state index in [-0.39, 0.29) is 0 Å². The van der Waals surface area contributed by atoms with Crippen molar-refractivity contribution in [3.05, 3.63) is 22.4 Å². The van der Waals surface area contributed by atoms with Crippen LogP contribution in [0.15, 0.2) is 22.4 Å². The van der Waals surface area contributed by atoms with Crippen LogP contribution in [0.2, 0.25) is 0 Å². The second-order valence-electron chi connectivity index (χ2n) is 8.12. The topological polar surface area (TPSA) is 0 Å². The third kappa shape index (κ3) is 4.53. The molecular formula is C15F28Si. The zero-order chi connectivity index (χ0) is 36.3. The molecule has 0 N–H and O–H groups in total. The molecule has 29 heteroatoms. The summed E-state index contributed by atoms with van der Waals surface area (Å²) in [4.78, 5) is 0. The Labute approximate surface area is 220 Å². The van der Waals surface area contributed by atoms with Gasteiger partial charge in [-0.05, 0) is 0 Å². The van der Waals surface area contributed by atoms with Gasteiger partial charge in [-0.1, -0.05) is 0 Å². The molecule has 0 aromatic heterocycles. The molecule has 0 saturated carbocycles. The Morgan fingerprint density at radius 3 is 0.977 bits per heavy atom. The molecular weight excluding hydrogens is 740 g/mol. The van der Waals surface area contributed by atoms with Gasteiger partial charge in [-0.2, -0.15) is 110 Å². The van der Waals surface area contributed by atoms with E-state index in [4.69, 9.17) is 0 Å². The lowest BCUT2D eigenvalue weighted by Crippen LogP contribution is -2.74. The molecule has 0 aliphatic heterocycles.